The van der Waals surface area contributed by atoms with E-state index >= 15 is 0 Å². The highest BCUT2D eigenvalue weighted by molar-refractivity contribution is 6.51. The van der Waals surface area contributed by atoms with Crippen LogP contribution in [0.1, 0.15) is 24.1 Å². The Morgan fingerprint density at radius 3 is 2.48 bits per heavy atom. The van der Waals surface area contributed by atoms with Crippen LogP contribution in [0.5, 0.6) is 5.75 Å². The number of hydrogen-bond acceptors (Lipinski definition) is 6. The Labute approximate surface area is 190 Å². The summed E-state index contributed by atoms with van der Waals surface area (Å²) in [6, 6.07) is 15.8. The van der Waals surface area contributed by atoms with Gasteiger partial charge < -0.3 is 15.2 Å². The number of rotatable bonds is 5. The molecule has 1 unspecified atom stereocenters. The molecule has 8 heteroatoms. The summed E-state index contributed by atoms with van der Waals surface area (Å²) in [5, 5.41) is 13.7. The number of aliphatic hydroxyl groups is 1. The van der Waals surface area contributed by atoms with Crippen molar-refractivity contribution in [3.63, 3.8) is 0 Å². The third kappa shape index (κ3) is 4.18. The Kier molecular flexibility index (Phi) is 5.91. The number of aromatic nitrogens is 1. The highest BCUT2D eigenvalue weighted by atomic mass is 16.5. The van der Waals surface area contributed by atoms with E-state index in [2.05, 4.69) is 10.3 Å². The Morgan fingerprint density at radius 1 is 1.06 bits per heavy atom. The van der Waals surface area contributed by atoms with Gasteiger partial charge in [-0.05, 0) is 48.0 Å². The zero-order chi connectivity index (χ0) is 23.5. The lowest BCUT2D eigenvalue weighted by molar-refractivity contribution is -0.132. The zero-order valence-electron chi connectivity index (χ0n) is 18.0. The summed E-state index contributed by atoms with van der Waals surface area (Å²) in [5.74, 6) is -1.64. The van der Waals surface area contributed by atoms with E-state index < -0.39 is 17.7 Å². The smallest absolute Gasteiger partial charge is 0.300 e. The molecule has 33 heavy (non-hydrogen) atoms. The Hall–Kier alpha value is -4.46. The number of methoxy groups -OCH3 is 1. The highest BCUT2D eigenvalue weighted by Crippen LogP contribution is 2.43. The monoisotopic (exact) mass is 443 g/mol. The predicted molar refractivity (Wildman–Crippen MR) is 123 cm³/mol. The molecule has 1 atom stereocenters. The van der Waals surface area contributed by atoms with E-state index in [1.807, 2.05) is 0 Å². The van der Waals surface area contributed by atoms with Crippen LogP contribution in [0.15, 0.2) is 78.6 Å². The number of pyridine rings is 1. The van der Waals surface area contributed by atoms with Gasteiger partial charge in [-0.25, -0.2) is 0 Å². The third-order valence-electron chi connectivity index (χ3n) is 5.25. The molecule has 4 rings (SSSR count). The van der Waals surface area contributed by atoms with Crippen LogP contribution >= 0.6 is 0 Å². The van der Waals surface area contributed by atoms with Crippen molar-refractivity contribution in [2.75, 3.05) is 17.3 Å². The number of benzene rings is 2. The molecule has 1 aliphatic rings. The number of nitrogens with zero attached hydrogens (tertiary/aromatic N) is 2. The molecular weight excluding hydrogens is 422 g/mol. The molecule has 0 saturated carbocycles. The van der Waals surface area contributed by atoms with Crippen LogP contribution in [0, 0.1) is 0 Å². The van der Waals surface area contributed by atoms with Gasteiger partial charge in [-0.15, -0.1) is 0 Å². The van der Waals surface area contributed by atoms with Crippen LogP contribution in [0.2, 0.25) is 0 Å². The van der Waals surface area contributed by atoms with E-state index in [-0.39, 0.29) is 17.2 Å². The maximum Gasteiger partial charge on any atom is 0.300 e. The summed E-state index contributed by atoms with van der Waals surface area (Å²) in [6.45, 7) is 1.38. The van der Waals surface area contributed by atoms with Crippen LogP contribution in [0.4, 0.5) is 11.4 Å². The SMILES string of the molecule is COc1cccc(C2/C(=C(\O)c3ccncc3)C(=O)C(=O)N2c2cccc(NC(C)=O)c2)c1. The summed E-state index contributed by atoms with van der Waals surface area (Å²) >= 11 is 0. The molecular formula is C25H21N3O5. The molecule has 2 amide bonds. The van der Waals surface area contributed by atoms with Crippen molar-refractivity contribution < 1.29 is 24.2 Å². The number of hydrogen-bond donors (Lipinski definition) is 2. The Balaban J connectivity index is 1.93. The normalized spacial score (nSPS) is 17.2. The van der Waals surface area contributed by atoms with Crippen molar-refractivity contribution in [2.45, 2.75) is 13.0 Å². The number of carbonyl (C=O) groups is 3. The zero-order valence-corrected chi connectivity index (χ0v) is 18.0. The minimum atomic E-state index is -0.916. The second kappa shape index (κ2) is 8.96. The van der Waals surface area contributed by atoms with E-state index in [9.17, 15) is 19.5 Å². The summed E-state index contributed by atoms with van der Waals surface area (Å²) in [5.41, 5.74) is 1.76. The molecule has 166 valence electrons. The standard InChI is InChI=1S/C25H21N3O5/c1-15(29)27-18-6-4-7-19(14-18)28-22(17-5-3-8-20(13-17)33-2)21(24(31)25(28)32)23(30)16-9-11-26-12-10-16/h3-14,22,30H,1-2H3,(H,27,29)/b23-21+. The second-order valence-electron chi connectivity index (χ2n) is 7.41. The molecule has 0 spiro atoms. The van der Waals surface area contributed by atoms with Crippen molar-refractivity contribution in [1.29, 1.82) is 0 Å². The fourth-order valence-corrected chi connectivity index (χ4v) is 3.83. The van der Waals surface area contributed by atoms with Crippen LogP contribution in [0.25, 0.3) is 5.76 Å². The minimum Gasteiger partial charge on any atom is -0.507 e. The van der Waals surface area contributed by atoms with Gasteiger partial charge in [0.15, 0.2) is 0 Å². The van der Waals surface area contributed by atoms with Gasteiger partial charge in [0.2, 0.25) is 5.91 Å². The first-order valence-corrected chi connectivity index (χ1v) is 10.1. The summed E-state index contributed by atoms with van der Waals surface area (Å²) in [6.07, 6.45) is 2.98. The van der Waals surface area contributed by atoms with Gasteiger partial charge in [-0.2, -0.15) is 0 Å². The van der Waals surface area contributed by atoms with Crippen molar-refractivity contribution in [2.24, 2.45) is 0 Å². The third-order valence-corrected chi connectivity index (χ3v) is 5.25. The van der Waals surface area contributed by atoms with Gasteiger partial charge in [-0.3, -0.25) is 24.3 Å². The largest absolute Gasteiger partial charge is 0.507 e. The number of ether oxygens (including phenoxy) is 1. The molecule has 0 radical (unpaired) electrons. The van der Waals surface area contributed by atoms with E-state index in [0.717, 1.165) is 0 Å². The lowest BCUT2D eigenvalue weighted by Gasteiger charge is -2.26. The molecule has 2 aromatic carbocycles. The molecule has 2 N–H and O–H groups in total. The topological polar surface area (TPSA) is 109 Å². The quantitative estimate of drug-likeness (QED) is 0.354. The van der Waals surface area contributed by atoms with Gasteiger partial charge >= 0.3 is 0 Å². The number of carbonyl (C=O) groups excluding carboxylic acids is 3. The first-order valence-electron chi connectivity index (χ1n) is 10.1. The summed E-state index contributed by atoms with van der Waals surface area (Å²) < 4.78 is 5.33. The maximum absolute atomic E-state index is 13.2. The molecule has 8 nitrogen and oxygen atoms in total. The molecule has 0 aliphatic carbocycles. The van der Waals surface area contributed by atoms with Gasteiger partial charge in [0.1, 0.15) is 11.5 Å². The van der Waals surface area contributed by atoms with Gasteiger partial charge in [-0.1, -0.05) is 18.2 Å². The van der Waals surface area contributed by atoms with Crippen molar-refractivity contribution in [1.82, 2.24) is 4.98 Å². The van der Waals surface area contributed by atoms with Crippen LogP contribution < -0.4 is 15.0 Å². The van der Waals surface area contributed by atoms with E-state index in [1.165, 1.54) is 31.3 Å². The fourth-order valence-electron chi connectivity index (χ4n) is 3.83. The highest BCUT2D eigenvalue weighted by Gasteiger charge is 2.47. The summed E-state index contributed by atoms with van der Waals surface area (Å²) in [4.78, 5) is 43.2. The average Bonchev–Trinajstić information content (AvgIpc) is 3.09. The Bertz CT molecular complexity index is 1270. The molecule has 2 heterocycles. The van der Waals surface area contributed by atoms with Gasteiger partial charge in [0.25, 0.3) is 11.7 Å². The van der Waals surface area contributed by atoms with Crippen molar-refractivity contribution in [3.05, 3.63) is 89.8 Å². The molecule has 3 aromatic rings. The number of amides is 2. The first-order chi connectivity index (χ1) is 15.9. The summed E-state index contributed by atoms with van der Waals surface area (Å²) in [7, 11) is 1.52. The Morgan fingerprint density at radius 2 is 1.79 bits per heavy atom. The van der Waals surface area contributed by atoms with Gasteiger partial charge in [0, 0.05) is 36.3 Å². The predicted octanol–water partition coefficient (Wildman–Crippen LogP) is 3.67. The number of aliphatic hydroxyl groups excluding tert-OH is 1. The van der Waals surface area contributed by atoms with Crippen LogP contribution in [-0.4, -0.2) is 34.8 Å². The van der Waals surface area contributed by atoms with Crippen molar-refractivity contribution >= 4 is 34.7 Å². The number of anilines is 2. The molecule has 1 aliphatic heterocycles. The fraction of sp³-hybridized carbons (Fsp3) is 0.120. The molecule has 1 aromatic heterocycles. The van der Waals surface area contributed by atoms with Gasteiger partial charge in [0.05, 0.1) is 18.7 Å². The second-order valence-corrected chi connectivity index (χ2v) is 7.41. The maximum atomic E-state index is 13.2. The van der Waals surface area contributed by atoms with E-state index in [0.29, 0.717) is 28.3 Å². The molecule has 1 saturated heterocycles. The van der Waals surface area contributed by atoms with E-state index in [4.69, 9.17) is 4.74 Å². The van der Waals surface area contributed by atoms with Crippen LogP contribution in [0.3, 0.4) is 0 Å². The van der Waals surface area contributed by atoms with E-state index in [1.54, 1.807) is 60.7 Å². The van der Waals surface area contributed by atoms with Crippen molar-refractivity contribution in [3.8, 4) is 5.75 Å². The lowest BCUT2D eigenvalue weighted by atomic mass is 9.95. The molecule has 1 fully saturated rings. The number of ketones is 1. The lowest BCUT2D eigenvalue weighted by Crippen LogP contribution is -2.29. The minimum absolute atomic E-state index is 0.0515. The first kappa shape index (κ1) is 21.8. The average molecular weight is 443 g/mol. The van der Waals surface area contributed by atoms with Crippen LogP contribution in [-0.2, 0) is 14.4 Å². The number of nitrogens with one attached hydrogen (secondary N) is 1. The number of Topliss-reactive ketones (excluding diaryl/α,β-unsaturated/α-hetero) is 1. The molecule has 0 bridgehead atoms.